The maximum absolute atomic E-state index is 2.31. The molecule has 0 saturated carbocycles. The molecule has 0 N–H and O–H groups in total. The van der Waals surface area contributed by atoms with Crippen molar-refractivity contribution < 1.29 is 0 Å². The number of rotatable bonds is 4. The van der Waals surface area contributed by atoms with Crippen LogP contribution in [0.1, 0.15) is 33.4 Å². The van der Waals surface area contributed by atoms with Crippen molar-refractivity contribution in [1.29, 1.82) is 0 Å². The van der Waals surface area contributed by atoms with E-state index in [2.05, 4.69) is 86.6 Å². The van der Waals surface area contributed by atoms with Crippen molar-refractivity contribution >= 4 is 80.9 Å². The average Bonchev–Trinajstić information content (AvgIpc) is 3.63. The van der Waals surface area contributed by atoms with Crippen molar-refractivity contribution in [3.05, 3.63) is 101 Å². The van der Waals surface area contributed by atoms with Gasteiger partial charge >= 0.3 is 0 Å². The molecule has 4 heterocycles. The predicted octanol–water partition coefficient (Wildman–Crippen LogP) is 10.6. The number of fused-ring (bicyclic) bond motifs is 2. The van der Waals surface area contributed by atoms with Crippen LogP contribution in [-0.2, 0) is 6.42 Å². The number of hydrogen-bond donors (Lipinski definition) is 0. The van der Waals surface area contributed by atoms with E-state index in [-0.39, 0.29) is 0 Å². The van der Waals surface area contributed by atoms with Gasteiger partial charge in [-0.05, 0) is 73.5 Å². The van der Waals surface area contributed by atoms with E-state index >= 15 is 0 Å². The Kier molecular flexibility index (Phi) is 6.33. The van der Waals surface area contributed by atoms with Crippen LogP contribution < -0.4 is 0 Å². The Labute approximate surface area is 220 Å². The van der Waals surface area contributed by atoms with E-state index in [1.54, 1.807) is 0 Å². The summed E-state index contributed by atoms with van der Waals surface area (Å²) in [6.45, 7) is 4.54. The van der Waals surface area contributed by atoms with Gasteiger partial charge in [0.25, 0.3) is 0 Å². The molecule has 2 aromatic carbocycles. The Morgan fingerprint density at radius 3 is 1.24 bits per heavy atom. The number of thiophene rings is 2. The Morgan fingerprint density at radius 2 is 0.879 bits per heavy atom. The highest BCUT2D eigenvalue weighted by molar-refractivity contribution is 8.25. The fourth-order valence-corrected chi connectivity index (χ4v) is 11.2. The molecule has 0 radical (unpaired) electrons. The lowest BCUT2D eigenvalue weighted by molar-refractivity contribution is 1.27. The Bertz CT molecular complexity index is 1260. The highest BCUT2D eigenvalue weighted by Gasteiger charge is 2.21. The zero-order valence-corrected chi connectivity index (χ0v) is 23.0. The molecule has 33 heavy (non-hydrogen) atoms. The molecule has 0 nitrogen and oxygen atoms in total. The number of benzene rings is 2. The molecule has 0 fully saturated rings. The summed E-state index contributed by atoms with van der Waals surface area (Å²) in [4.78, 5) is 11.2. The Morgan fingerprint density at radius 1 is 0.515 bits per heavy atom. The van der Waals surface area contributed by atoms with Crippen LogP contribution >= 0.6 is 69.7 Å². The Hall–Kier alpha value is -1.28. The molecule has 4 aromatic rings. The summed E-state index contributed by atoms with van der Waals surface area (Å²) in [6, 6.07) is 26.6. The first-order valence-corrected chi connectivity index (χ1v) is 15.5. The zero-order valence-electron chi connectivity index (χ0n) is 18.1. The molecule has 0 aliphatic carbocycles. The third-order valence-electron chi connectivity index (χ3n) is 5.53. The summed E-state index contributed by atoms with van der Waals surface area (Å²) in [6.07, 6.45) is 1.02. The van der Waals surface area contributed by atoms with Gasteiger partial charge in [-0.25, -0.2) is 0 Å². The smallest absolute Gasteiger partial charge is 0.0542 e. The lowest BCUT2D eigenvalue weighted by Gasteiger charge is -2.02. The van der Waals surface area contributed by atoms with Crippen LogP contribution in [0.25, 0.3) is 11.1 Å². The van der Waals surface area contributed by atoms with Gasteiger partial charge in [-0.3, -0.25) is 0 Å². The van der Waals surface area contributed by atoms with Crippen LogP contribution in [0.15, 0.2) is 101 Å². The number of allylic oxidation sites excluding steroid dienone is 2. The second-order valence-electron chi connectivity index (χ2n) is 7.84. The summed E-state index contributed by atoms with van der Waals surface area (Å²) in [5.41, 5.74) is 2.81. The minimum atomic E-state index is 1.02. The van der Waals surface area contributed by atoms with Gasteiger partial charge in [-0.15, -0.1) is 22.7 Å². The fraction of sp³-hybridized carbons (Fsp3) is 0.111. The van der Waals surface area contributed by atoms with Gasteiger partial charge in [0.05, 0.1) is 8.47 Å². The highest BCUT2D eigenvalue weighted by Crippen LogP contribution is 2.55. The SMILES string of the molecule is CC(=C1Sc2ccccc2S1)c1ccc(Cc2ccc(C(C)=C3Sc4ccccc4S3)s2)s1. The molecule has 2 aliphatic heterocycles. The van der Waals surface area contributed by atoms with Crippen LogP contribution in [0, 0.1) is 0 Å². The molecule has 0 saturated heterocycles. The molecule has 6 rings (SSSR count). The van der Waals surface area contributed by atoms with E-state index in [4.69, 9.17) is 0 Å². The van der Waals surface area contributed by atoms with E-state index in [1.807, 2.05) is 69.7 Å². The van der Waals surface area contributed by atoms with Crippen LogP contribution in [0.4, 0.5) is 0 Å². The first-order chi connectivity index (χ1) is 16.1. The predicted molar refractivity (Wildman–Crippen MR) is 153 cm³/mol. The van der Waals surface area contributed by atoms with Gasteiger partial charge < -0.3 is 0 Å². The highest BCUT2D eigenvalue weighted by atomic mass is 32.2. The molecule has 0 bridgehead atoms. The van der Waals surface area contributed by atoms with Gasteiger partial charge in [0.1, 0.15) is 0 Å². The summed E-state index contributed by atoms with van der Waals surface area (Å²) >= 11 is 11.5. The summed E-state index contributed by atoms with van der Waals surface area (Å²) < 4.78 is 2.83. The molecule has 0 amide bonds. The molecule has 2 aromatic heterocycles. The lowest BCUT2D eigenvalue weighted by atomic mass is 10.2. The molecule has 2 aliphatic rings. The van der Waals surface area contributed by atoms with Gasteiger partial charge in [0.15, 0.2) is 0 Å². The van der Waals surface area contributed by atoms with Gasteiger partial charge in [0, 0.05) is 45.5 Å². The van der Waals surface area contributed by atoms with E-state index in [0.29, 0.717) is 0 Å². The van der Waals surface area contributed by atoms with Crippen LogP contribution in [0.5, 0.6) is 0 Å². The van der Waals surface area contributed by atoms with E-state index in [9.17, 15) is 0 Å². The molecule has 164 valence electrons. The van der Waals surface area contributed by atoms with Crippen LogP contribution in [0.2, 0.25) is 0 Å². The van der Waals surface area contributed by atoms with Crippen molar-refractivity contribution in [3.8, 4) is 0 Å². The normalized spacial score (nSPS) is 14.5. The third kappa shape index (κ3) is 4.54. The molecular weight excluding hydrogens is 517 g/mol. The maximum atomic E-state index is 2.31. The second-order valence-corrected chi connectivity index (χ2v) is 14.9. The largest absolute Gasteiger partial charge is 0.140 e. The standard InChI is InChI=1S/C27H20S6/c1-16(26-30-22-7-3-4-8-23(22)31-26)20-13-11-18(28-20)15-19-12-14-21(29-19)17(2)27-32-24-9-5-6-10-25(24)33-27/h3-14H,15H2,1-2H3. The van der Waals surface area contributed by atoms with Crippen molar-refractivity contribution in [3.63, 3.8) is 0 Å². The Balaban J connectivity index is 1.17. The summed E-state index contributed by atoms with van der Waals surface area (Å²) in [5, 5.41) is 0. The van der Waals surface area contributed by atoms with E-state index in [0.717, 1.165) is 6.42 Å². The number of thioether (sulfide) groups is 4. The van der Waals surface area contributed by atoms with Crippen molar-refractivity contribution in [2.24, 2.45) is 0 Å². The van der Waals surface area contributed by atoms with E-state index in [1.165, 1.54) is 58.7 Å². The van der Waals surface area contributed by atoms with E-state index < -0.39 is 0 Å². The quantitative estimate of drug-likeness (QED) is 0.254. The van der Waals surface area contributed by atoms with Crippen LogP contribution in [-0.4, -0.2) is 0 Å². The summed E-state index contributed by atoms with van der Waals surface area (Å²) in [5.74, 6) is 0. The monoisotopic (exact) mass is 536 g/mol. The first kappa shape index (κ1) is 22.2. The molecule has 6 heteroatoms. The second kappa shape index (κ2) is 9.40. The van der Waals surface area contributed by atoms with Crippen molar-refractivity contribution in [1.82, 2.24) is 0 Å². The fourth-order valence-electron chi connectivity index (χ4n) is 3.71. The minimum absolute atomic E-state index is 1.02. The van der Waals surface area contributed by atoms with Gasteiger partial charge in [-0.2, -0.15) is 0 Å². The maximum Gasteiger partial charge on any atom is 0.0542 e. The van der Waals surface area contributed by atoms with Crippen molar-refractivity contribution in [2.45, 2.75) is 39.9 Å². The molecule has 0 spiro atoms. The minimum Gasteiger partial charge on any atom is -0.140 e. The van der Waals surface area contributed by atoms with Gasteiger partial charge in [0.2, 0.25) is 0 Å². The third-order valence-corrected chi connectivity index (χ3v) is 13.5. The molecular formula is C27H20S6. The lowest BCUT2D eigenvalue weighted by Crippen LogP contribution is -1.77. The zero-order chi connectivity index (χ0) is 22.4. The van der Waals surface area contributed by atoms with Crippen molar-refractivity contribution in [2.75, 3.05) is 0 Å². The topological polar surface area (TPSA) is 0 Å². The average molecular weight is 537 g/mol. The molecule has 0 unspecified atom stereocenters. The van der Waals surface area contributed by atoms with Gasteiger partial charge in [-0.1, -0.05) is 71.3 Å². The summed E-state index contributed by atoms with van der Waals surface area (Å²) in [7, 11) is 0. The first-order valence-electron chi connectivity index (χ1n) is 10.6. The van der Waals surface area contributed by atoms with Crippen LogP contribution in [0.3, 0.4) is 0 Å². The molecule has 0 atom stereocenters. The number of hydrogen-bond acceptors (Lipinski definition) is 6.